The Morgan fingerprint density at radius 1 is 1.15 bits per heavy atom. The van der Waals surface area contributed by atoms with Gasteiger partial charge in [0.25, 0.3) is 0 Å². The van der Waals surface area contributed by atoms with Crippen LogP contribution in [0.15, 0.2) is 0 Å². The third-order valence-electron chi connectivity index (χ3n) is 5.48. The summed E-state index contributed by atoms with van der Waals surface area (Å²) in [6, 6.07) is 0.808. The highest BCUT2D eigenvalue weighted by Gasteiger charge is 2.32. The zero-order valence-electron chi connectivity index (χ0n) is 13.5. The molecule has 0 N–H and O–H groups in total. The first-order valence-corrected chi connectivity index (χ1v) is 9.80. The van der Waals surface area contributed by atoms with E-state index in [2.05, 4.69) is 39.7 Å². The zero-order chi connectivity index (χ0) is 14.4. The maximum atomic E-state index is 3.83. The van der Waals surface area contributed by atoms with E-state index in [4.69, 9.17) is 0 Å². The molecule has 0 spiro atoms. The summed E-state index contributed by atoms with van der Waals surface area (Å²) in [6.07, 6.45) is 11.4. The van der Waals surface area contributed by atoms with E-state index in [-0.39, 0.29) is 0 Å². The summed E-state index contributed by atoms with van der Waals surface area (Å²) in [7, 11) is 2.35. The number of nitrogens with zero attached hydrogens (tertiary/aromatic N) is 2. The lowest BCUT2D eigenvalue weighted by Crippen LogP contribution is -2.43. The van der Waals surface area contributed by atoms with Crippen LogP contribution in [0.2, 0.25) is 0 Å². The topological polar surface area (TPSA) is 6.48 Å². The predicted molar refractivity (Wildman–Crippen MR) is 91.7 cm³/mol. The van der Waals surface area contributed by atoms with Crippen molar-refractivity contribution in [3.05, 3.63) is 0 Å². The van der Waals surface area contributed by atoms with Crippen LogP contribution in [-0.2, 0) is 0 Å². The van der Waals surface area contributed by atoms with Crippen LogP contribution in [0.3, 0.4) is 0 Å². The van der Waals surface area contributed by atoms with Crippen molar-refractivity contribution in [1.82, 2.24) is 9.80 Å². The molecule has 1 heterocycles. The van der Waals surface area contributed by atoms with E-state index < -0.39 is 0 Å². The maximum absolute atomic E-state index is 3.83. The van der Waals surface area contributed by atoms with Gasteiger partial charge in [-0.15, -0.1) is 0 Å². The Bertz CT molecular complexity index is 274. The van der Waals surface area contributed by atoms with Gasteiger partial charge in [0.1, 0.15) is 0 Å². The first-order chi connectivity index (χ1) is 9.69. The summed E-state index contributed by atoms with van der Waals surface area (Å²) in [5.41, 5.74) is 0.543. The van der Waals surface area contributed by atoms with E-state index in [1.165, 1.54) is 82.9 Å². The van der Waals surface area contributed by atoms with Crippen molar-refractivity contribution in [2.45, 2.75) is 64.3 Å². The fraction of sp³-hybridized carbons (Fsp3) is 1.00. The summed E-state index contributed by atoms with van der Waals surface area (Å²) < 4.78 is 0. The van der Waals surface area contributed by atoms with Gasteiger partial charge in [-0.25, -0.2) is 0 Å². The van der Waals surface area contributed by atoms with Crippen LogP contribution >= 0.6 is 15.9 Å². The van der Waals surface area contributed by atoms with Crippen molar-refractivity contribution in [3.8, 4) is 0 Å². The lowest BCUT2D eigenvalue weighted by atomic mass is 9.82. The molecule has 1 saturated carbocycles. The molecule has 0 radical (unpaired) electrons. The monoisotopic (exact) mass is 344 g/mol. The molecule has 1 unspecified atom stereocenters. The number of hydrogen-bond donors (Lipinski definition) is 0. The van der Waals surface area contributed by atoms with Crippen molar-refractivity contribution >= 4 is 15.9 Å². The quantitative estimate of drug-likeness (QED) is 0.527. The van der Waals surface area contributed by atoms with Gasteiger partial charge in [0.05, 0.1) is 0 Å². The average Bonchev–Trinajstić information content (AvgIpc) is 2.75. The second-order valence-electron chi connectivity index (χ2n) is 7.17. The summed E-state index contributed by atoms with van der Waals surface area (Å²) in [5.74, 6) is 0. The Morgan fingerprint density at radius 3 is 2.45 bits per heavy atom. The Balaban J connectivity index is 1.86. The molecule has 20 heavy (non-hydrogen) atoms. The third-order valence-corrected chi connectivity index (χ3v) is 6.67. The second-order valence-corrected chi connectivity index (χ2v) is 7.73. The number of rotatable bonds is 6. The lowest BCUT2D eigenvalue weighted by Gasteiger charge is -2.37. The molecule has 3 heteroatoms. The van der Waals surface area contributed by atoms with Crippen molar-refractivity contribution in [1.29, 1.82) is 0 Å². The second kappa shape index (κ2) is 8.14. The van der Waals surface area contributed by atoms with Gasteiger partial charge in [0, 0.05) is 24.5 Å². The molecular formula is C17H33BrN2. The Kier molecular flexibility index (Phi) is 6.83. The number of halogens is 1. The largest absolute Gasteiger partial charge is 0.304 e. The highest BCUT2D eigenvalue weighted by molar-refractivity contribution is 9.09. The van der Waals surface area contributed by atoms with Crippen LogP contribution in [0, 0.1) is 5.41 Å². The minimum atomic E-state index is 0.543. The van der Waals surface area contributed by atoms with Gasteiger partial charge in [-0.1, -0.05) is 48.5 Å². The molecule has 1 aliphatic carbocycles. The molecular weight excluding hydrogens is 312 g/mol. The molecule has 1 aliphatic heterocycles. The van der Waals surface area contributed by atoms with Gasteiger partial charge in [-0.3, -0.25) is 4.90 Å². The summed E-state index contributed by atoms with van der Waals surface area (Å²) in [4.78, 5) is 5.30. The normalized spacial score (nSPS) is 27.9. The fourth-order valence-corrected chi connectivity index (χ4v) is 5.07. The van der Waals surface area contributed by atoms with E-state index in [1.54, 1.807) is 0 Å². The summed E-state index contributed by atoms with van der Waals surface area (Å²) in [6.45, 7) is 7.40. The molecule has 0 aromatic carbocycles. The van der Waals surface area contributed by atoms with E-state index in [1.807, 2.05) is 0 Å². The van der Waals surface area contributed by atoms with Crippen LogP contribution in [0.25, 0.3) is 0 Å². The SMILES string of the molecule is CCN1CCCC1CN(C)CC1(CBr)CCCCCC1. The van der Waals surface area contributed by atoms with Crippen molar-refractivity contribution in [3.63, 3.8) is 0 Å². The highest BCUT2D eigenvalue weighted by Crippen LogP contribution is 2.37. The number of likely N-dealkylation sites (N-methyl/N-ethyl adjacent to an activating group) is 2. The molecule has 2 fully saturated rings. The first-order valence-electron chi connectivity index (χ1n) is 8.68. The molecule has 0 aromatic heterocycles. The summed E-state index contributed by atoms with van der Waals surface area (Å²) >= 11 is 3.83. The van der Waals surface area contributed by atoms with Crippen molar-refractivity contribution in [2.24, 2.45) is 5.41 Å². The third kappa shape index (κ3) is 4.45. The molecule has 0 bridgehead atoms. The minimum Gasteiger partial charge on any atom is -0.304 e. The Morgan fingerprint density at radius 2 is 1.85 bits per heavy atom. The Labute approximate surface area is 134 Å². The number of likely N-dealkylation sites (tertiary alicyclic amines) is 1. The predicted octanol–water partition coefficient (Wildman–Crippen LogP) is 4.14. The van der Waals surface area contributed by atoms with Crippen LogP contribution in [0.4, 0.5) is 0 Å². The average molecular weight is 345 g/mol. The van der Waals surface area contributed by atoms with Crippen LogP contribution in [0.1, 0.15) is 58.3 Å². The molecule has 1 atom stereocenters. The van der Waals surface area contributed by atoms with Gasteiger partial charge in [0.15, 0.2) is 0 Å². The standard InChI is InChI=1S/C17H33BrN2/c1-3-20-12-8-9-16(20)13-19(2)15-17(14-18)10-6-4-5-7-11-17/h16H,3-15H2,1-2H3. The molecule has 2 rings (SSSR count). The lowest BCUT2D eigenvalue weighted by molar-refractivity contribution is 0.138. The van der Waals surface area contributed by atoms with Crippen LogP contribution in [0.5, 0.6) is 0 Å². The zero-order valence-corrected chi connectivity index (χ0v) is 15.1. The van der Waals surface area contributed by atoms with Gasteiger partial charge >= 0.3 is 0 Å². The molecule has 118 valence electrons. The van der Waals surface area contributed by atoms with Gasteiger partial charge in [-0.05, 0) is 51.2 Å². The molecule has 0 aromatic rings. The highest BCUT2D eigenvalue weighted by atomic mass is 79.9. The van der Waals surface area contributed by atoms with E-state index in [0.717, 1.165) is 6.04 Å². The fourth-order valence-electron chi connectivity index (χ4n) is 4.33. The number of alkyl halides is 1. The van der Waals surface area contributed by atoms with E-state index in [9.17, 15) is 0 Å². The molecule has 1 saturated heterocycles. The van der Waals surface area contributed by atoms with Gasteiger partial charge < -0.3 is 4.90 Å². The maximum Gasteiger partial charge on any atom is 0.0223 e. The van der Waals surface area contributed by atoms with Gasteiger partial charge in [-0.2, -0.15) is 0 Å². The molecule has 2 nitrogen and oxygen atoms in total. The number of hydrogen-bond acceptors (Lipinski definition) is 2. The van der Waals surface area contributed by atoms with Crippen LogP contribution < -0.4 is 0 Å². The first kappa shape index (κ1) is 16.8. The summed E-state index contributed by atoms with van der Waals surface area (Å²) in [5, 5.41) is 1.19. The molecule has 0 amide bonds. The van der Waals surface area contributed by atoms with E-state index in [0.29, 0.717) is 5.41 Å². The van der Waals surface area contributed by atoms with E-state index >= 15 is 0 Å². The van der Waals surface area contributed by atoms with Crippen LogP contribution in [-0.4, -0.2) is 54.4 Å². The van der Waals surface area contributed by atoms with Crippen molar-refractivity contribution in [2.75, 3.05) is 38.6 Å². The van der Waals surface area contributed by atoms with Gasteiger partial charge in [0.2, 0.25) is 0 Å². The smallest absolute Gasteiger partial charge is 0.0223 e. The minimum absolute atomic E-state index is 0.543. The Hall–Kier alpha value is 0.400. The van der Waals surface area contributed by atoms with Crippen molar-refractivity contribution < 1.29 is 0 Å². The molecule has 2 aliphatic rings.